The molecule has 0 aliphatic rings. The van der Waals surface area contributed by atoms with E-state index in [9.17, 15) is 9.90 Å². The Hall–Kier alpha value is -4.14. The standard InChI is InChI=1S/C27H20ClN3O4S/c1-14-11-15(2)24-20(12-14)30-26(35-24)19-13-18(7-8-21(19)32)29-27(36)31-25(33)23-10-9-22(34-23)16-3-5-17(28)6-4-16/h3-13,32H,1-2H3,(H2,29,31,33,36). The van der Waals surface area contributed by atoms with E-state index in [0.29, 0.717) is 33.1 Å². The van der Waals surface area contributed by atoms with E-state index in [2.05, 4.69) is 15.6 Å². The molecule has 7 nitrogen and oxygen atoms in total. The van der Waals surface area contributed by atoms with E-state index in [-0.39, 0.29) is 22.5 Å². The summed E-state index contributed by atoms with van der Waals surface area (Å²) in [4.78, 5) is 17.2. The molecule has 1 amide bonds. The molecule has 3 aromatic carbocycles. The van der Waals surface area contributed by atoms with Crippen molar-refractivity contribution < 1.29 is 18.7 Å². The van der Waals surface area contributed by atoms with Crippen molar-refractivity contribution in [2.45, 2.75) is 13.8 Å². The van der Waals surface area contributed by atoms with Crippen LogP contribution in [0.15, 0.2) is 75.6 Å². The molecule has 0 fully saturated rings. The van der Waals surface area contributed by atoms with Gasteiger partial charge in [0, 0.05) is 16.3 Å². The van der Waals surface area contributed by atoms with Gasteiger partial charge in [-0.2, -0.15) is 0 Å². The van der Waals surface area contributed by atoms with Gasteiger partial charge < -0.3 is 19.3 Å². The third-order valence-corrected chi connectivity index (χ3v) is 5.95. The van der Waals surface area contributed by atoms with Gasteiger partial charge in [-0.25, -0.2) is 4.98 Å². The summed E-state index contributed by atoms with van der Waals surface area (Å²) in [5.41, 5.74) is 5.11. The van der Waals surface area contributed by atoms with E-state index >= 15 is 0 Å². The molecule has 0 radical (unpaired) electrons. The van der Waals surface area contributed by atoms with Gasteiger partial charge in [0.05, 0.1) is 5.56 Å². The van der Waals surface area contributed by atoms with Crippen LogP contribution in [0.1, 0.15) is 21.7 Å². The maximum Gasteiger partial charge on any atom is 0.293 e. The summed E-state index contributed by atoms with van der Waals surface area (Å²) in [7, 11) is 0. The number of phenolic OH excluding ortho intramolecular Hbond substituents is 1. The van der Waals surface area contributed by atoms with Crippen molar-refractivity contribution in [3.8, 4) is 28.5 Å². The van der Waals surface area contributed by atoms with E-state index in [1.54, 1.807) is 48.5 Å². The molecule has 0 aliphatic carbocycles. The molecule has 0 unspecified atom stereocenters. The van der Waals surface area contributed by atoms with Gasteiger partial charge in [0.25, 0.3) is 5.91 Å². The molecule has 5 rings (SSSR count). The van der Waals surface area contributed by atoms with E-state index in [0.717, 1.165) is 16.7 Å². The van der Waals surface area contributed by atoms with Crippen molar-refractivity contribution in [1.82, 2.24) is 10.3 Å². The third-order valence-electron chi connectivity index (χ3n) is 5.49. The van der Waals surface area contributed by atoms with Crippen LogP contribution in [-0.4, -0.2) is 21.1 Å². The molecule has 0 aliphatic heterocycles. The van der Waals surface area contributed by atoms with E-state index < -0.39 is 5.91 Å². The van der Waals surface area contributed by atoms with Gasteiger partial charge >= 0.3 is 0 Å². The van der Waals surface area contributed by atoms with Crippen LogP contribution in [-0.2, 0) is 0 Å². The number of fused-ring (bicyclic) bond motifs is 1. The predicted octanol–water partition coefficient (Wildman–Crippen LogP) is 6.86. The number of thiocarbonyl (C=S) groups is 1. The number of furan rings is 1. The van der Waals surface area contributed by atoms with Gasteiger partial charge in [-0.15, -0.1) is 0 Å². The Morgan fingerprint density at radius 3 is 2.56 bits per heavy atom. The summed E-state index contributed by atoms with van der Waals surface area (Å²) in [6.07, 6.45) is 0. The Balaban J connectivity index is 1.31. The molecule has 180 valence electrons. The number of halogens is 1. The second kappa shape index (κ2) is 9.49. The zero-order chi connectivity index (χ0) is 25.4. The number of carbonyl (C=O) groups excluding carboxylic acids is 1. The summed E-state index contributed by atoms with van der Waals surface area (Å²) >= 11 is 11.2. The average Bonchev–Trinajstić information content (AvgIpc) is 3.49. The summed E-state index contributed by atoms with van der Waals surface area (Å²) in [5, 5.41) is 16.6. The minimum atomic E-state index is -0.503. The molecule has 0 atom stereocenters. The monoisotopic (exact) mass is 517 g/mol. The Kier molecular flexibility index (Phi) is 6.22. The molecule has 0 saturated carbocycles. The summed E-state index contributed by atoms with van der Waals surface area (Å²) in [6.45, 7) is 3.93. The highest BCUT2D eigenvalue weighted by Gasteiger charge is 2.17. The van der Waals surface area contributed by atoms with Crippen molar-refractivity contribution in [2.75, 3.05) is 5.32 Å². The molecule has 0 bridgehead atoms. The molecule has 0 saturated heterocycles. The lowest BCUT2D eigenvalue weighted by atomic mass is 10.1. The van der Waals surface area contributed by atoms with Crippen LogP contribution < -0.4 is 10.6 Å². The van der Waals surface area contributed by atoms with Crippen molar-refractivity contribution in [3.05, 3.63) is 88.6 Å². The number of aromatic hydroxyl groups is 1. The number of phenols is 1. The van der Waals surface area contributed by atoms with Crippen molar-refractivity contribution in [1.29, 1.82) is 0 Å². The quantitative estimate of drug-likeness (QED) is 0.177. The first-order chi connectivity index (χ1) is 17.3. The smallest absolute Gasteiger partial charge is 0.293 e. The van der Waals surface area contributed by atoms with Crippen LogP contribution in [0.4, 0.5) is 5.69 Å². The minimum absolute atomic E-state index is 0.00162. The van der Waals surface area contributed by atoms with Gasteiger partial charge in [-0.05, 0) is 97.9 Å². The Morgan fingerprint density at radius 1 is 1.00 bits per heavy atom. The van der Waals surface area contributed by atoms with Crippen LogP contribution in [0, 0.1) is 13.8 Å². The molecule has 2 heterocycles. The highest BCUT2D eigenvalue weighted by molar-refractivity contribution is 7.80. The number of aryl methyl sites for hydroxylation is 2. The van der Waals surface area contributed by atoms with Gasteiger partial charge in [-0.1, -0.05) is 17.7 Å². The van der Waals surface area contributed by atoms with Gasteiger partial charge in [0.15, 0.2) is 16.5 Å². The molecule has 0 spiro atoms. The first-order valence-corrected chi connectivity index (χ1v) is 11.7. The number of rotatable bonds is 4. The fourth-order valence-electron chi connectivity index (χ4n) is 3.83. The number of oxazole rings is 1. The second-order valence-corrected chi connectivity index (χ2v) is 9.10. The molecular formula is C27H20ClN3O4S. The van der Waals surface area contributed by atoms with Crippen LogP contribution in [0.3, 0.4) is 0 Å². The maximum atomic E-state index is 12.6. The first-order valence-electron chi connectivity index (χ1n) is 11.0. The molecule has 3 N–H and O–H groups in total. The summed E-state index contributed by atoms with van der Waals surface area (Å²) < 4.78 is 11.6. The SMILES string of the molecule is Cc1cc(C)c2oc(-c3cc(NC(=S)NC(=O)c4ccc(-c5ccc(Cl)cc5)o4)ccc3O)nc2c1. The van der Waals surface area contributed by atoms with Gasteiger partial charge in [-0.3, -0.25) is 10.1 Å². The average molecular weight is 518 g/mol. The van der Waals surface area contributed by atoms with E-state index in [4.69, 9.17) is 32.7 Å². The third kappa shape index (κ3) is 4.82. The van der Waals surface area contributed by atoms with Gasteiger partial charge in [0.2, 0.25) is 5.89 Å². The van der Waals surface area contributed by atoms with Crippen LogP contribution >= 0.6 is 23.8 Å². The molecule has 2 aromatic heterocycles. The summed E-state index contributed by atoms with van der Waals surface area (Å²) in [6, 6.07) is 19.1. The normalized spacial score (nSPS) is 11.0. The summed E-state index contributed by atoms with van der Waals surface area (Å²) in [5.74, 6) is 0.411. The fourth-order valence-corrected chi connectivity index (χ4v) is 4.17. The maximum absolute atomic E-state index is 12.6. The lowest BCUT2D eigenvalue weighted by Crippen LogP contribution is -2.33. The van der Waals surface area contributed by atoms with E-state index in [1.807, 2.05) is 26.0 Å². The van der Waals surface area contributed by atoms with Crippen LogP contribution in [0.25, 0.3) is 33.9 Å². The number of amides is 1. The molecular weight excluding hydrogens is 498 g/mol. The minimum Gasteiger partial charge on any atom is -0.507 e. The predicted molar refractivity (Wildman–Crippen MR) is 143 cm³/mol. The number of aromatic nitrogens is 1. The molecule has 5 aromatic rings. The Morgan fingerprint density at radius 2 is 1.78 bits per heavy atom. The Bertz CT molecular complexity index is 1620. The van der Waals surface area contributed by atoms with Crippen LogP contribution in [0.2, 0.25) is 5.02 Å². The highest BCUT2D eigenvalue weighted by Crippen LogP contribution is 2.34. The first kappa shape index (κ1) is 23.6. The fraction of sp³-hybridized carbons (Fsp3) is 0.0741. The lowest BCUT2D eigenvalue weighted by molar-refractivity contribution is 0.0951. The van der Waals surface area contributed by atoms with Crippen molar-refractivity contribution in [3.63, 3.8) is 0 Å². The zero-order valence-electron chi connectivity index (χ0n) is 19.3. The zero-order valence-corrected chi connectivity index (χ0v) is 20.8. The number of hydrogen-bond donors (Lipinski definition) is 3. The number of benzene rings is 3. The number of hydrogen-bond acceptors (Lipinski definition) is 6. The number of carbonyl (C=O) groups is 1. The second-order valence-electron chi connectivity index (χ2n) is 8.26. The number of anilines is 1. The van der Waals surface area contributed by atoms with Crippen molar-refractivity contribution in [2.24, 2.45) is 0 Å². The van der Waals surface area contributed by atoms with Gasteiger partial charge in [0.1, 0.15) is 17.0 Å². The topological polar surface area (TPSA) is 101 Å². The Labute approximate surface area is 216 Å². The van der Waals surface area contributed by atoms with E-state index in [1.165, 1.54) is 6.07 Å². The lowest BCUT2D eigenvalue weighted by Gasteiger charge is -2.10. The van der Waals surface area contributed by atoms with Crippen LogP contribution in [0.5, 0.6) is 5.75 Å². The number of nitrogens with zero attached hydrogens (tertiary/aromatic N) is 1. The highest BCUT2D eigenvalue weighted by atomic mass is 35.5. The largest absolute Gasteiger partial charge is 0.507 e. The van der Waals surface area contributed by atoms with Crippen molar-refractivity contribution >= 4 is 51.6 Å². The molecule has 9 heteroatoms. The number of nitrogens with one attached hydrogen (secondary N) is 2. The molecule has 36 heavy (non-hydrogen) atoms.